The molecule has 0 amide bonds. The van der Waals surface area contributed by atoms with Crippen LogP contribution < -0.4 is 15.9 Å². The fraction of sp³-hybridized carbons (Fsp3) is 0.250. The van der Waals surface area contributed by atoms with Crippen molar-refractivity contribution in [2.24, 2.45) is 0 Å². The molecule has 0 fully saturated rings. The SMILES string of the molecule is CN(C)Cc1cccc(CN(C)C)c1P(c1ccccc1)c1ccccc1.[Cl][Pt][Cl]. The minimum atomic E-state index is -0.602. The number of hydrogen-bond donors (Lipinski definition) is 0. The molecule has 0 unspecified atom stereocenters. The van der Waals surface area contributed by atoms with Gasteiger partial charge in [-0.1, -0.05) is 78.9 Å². The molecule has 0 spiro atoms. The van der Waals surface area contributed by atoms with Crippen LogP contribution in [0.1, 0.15) is 11.1 Å². The Bertz CT molecular complexity index is 809. The van der Waals surface area contributed by atoms with Gasteiger partial charge in [0.25, 0.3) is 0 Å². The molecule has 2 nitrogen and oxygen atoms in total. The van der Waals surface area contributed by atoms with Crippen LogP contribution in [-0.2, 0) is 29.6 Å². The van der Waals surface area contributed by atoms with Gasteiger partial charge in [-0.2, -0.15) is 0 Å². The summed E-state index contributed by atoms with van der Waals surface area (Å²) in [4.78, 5) is 4.53. The Labute approximate surface area is 199 Å². The van der Waals surface area contributed by atoms with Crippen molar-refractivity contribution in [1.82, 2.24) is 9.80 Å². The molecule has 164 valence electrons. The van der Waals surface area contributed by atoms with Gasteiger partial charge in [-0.25, -0.2) is 0 Å². The Hall–Kier alpha value is -0.722. The van der Waals surface area contributed by atoms with E-state index in [1.54, 1.807) is 0 Å². The normalized spacial score (nSPS) is 11.1. The van der Waals surface area contributed by atoms with Crippen LogP contribution in [-0.4, -0.2) is 38.0 Å². The molecule has 0 bridgehead atoms. The van der Waals surface area contributed by atoms with E-state index in [9.17, 15) is 0 Å². The van der Waals surface area contributed by atoms with Gasteiger partial charge >= 0.3 is 35.3 Å². The molecule has 30 heavy (non-hydrogen) atoms. The molecule has 0 saturated carbocycles. The van der Waals surface area contributed by atoms with E-state index in [-0.39, 0.29) is 0 Å². The van der Waals surface area contributed by atoms with Crippen molar-refractivity contribution in [3.05, 3.63) is 90.0 Å². The first-order valence-electron chi connectivity index (χ1n) is 9.60. The summed E-state index contributed by atoms with van der Waals surface area (Å²) in [6, 6.07) is 28.8. The predicted molar refractivity (Wildman–Crippen MR) is 132 cm³/mol. The van der Waals surface area contributed by atoms with Crippen LogP contribution in [0.2, 0.25) is 0 Å². The van der Waals surface area contributed by atoms with Crippen LogP contribution in [0.4, 0.5) is 0 Å². The maximum atomic E-state index is 4.88. The fourth-order valence-corrected chi connectivity index (χ4v) is 6.05. The second-order valence-electron chi connectivity index (χ2n) is 7.45. The second-order valence-corrected chi connectivity index (χ2v) is 12.9. The number of rotatable bonds is 7. The van der Waals surface area contributed by atoms with E-state index in [1.165, 1.54) is 27.0 Å². The molecule has 0 aliphatic rings. The third-order valence-electron chi connectivity index (χ3n) is 4.43. The van der Waals surface area contributed by atoms with Gasteiger partial charge < -0.3 is 9.80 Å². The molecule has 0 aliphatic carbocycles. The molecule has 6 heteroatoms. The standard InChI is InChI=1S/C24H29N2P.2ClH.Pt/c1-25(2)18-20-12-11-13-21(19-26(3)4)24(20)27(22-14-7-5-8-15-22)23-16-9-6-10-17-23;;;/h5-17H,18-19H2,1-4H3;2*1H;/q;;;+2/p-2. The molecule has 0 aromatic heterocycles. The summed E-state index contributed by atoms with van der Waals surface area (Å²) in [5.41, 5.74) is 2.86. The van der Waals surface area contributed by atoms with Crippen molar-refractivity contribution in [1.29, 1.82) is 0 Å². The maximum absolute atomic E-state index is 4.88. The average molecular weight is 642 g/mol. The number of benzene rings is 3. The summed E-state index contributed by atoms with van der Waals surface area (Å²) in [7, 11) is 17.7. The number of nitrogens with zero attached hydrogens (tertiary/aromatic N) is 2. The quantitative estimate of drug-likeness (QED) is 0.337. The Balaban J connectivity index is 0.00000101. The van der Waals surface area contributed by atoms with Crippen LogP contribution in [0, 0.1) is 0 Å². The summed E-state index contributed by atoms with van der Waals surface area (Å²) in [5, 5.41) is 4.32. The van der Waals surface area contributed by atoms with Crippen LogP contribution in [0.5, 0.6) is 0 Å². The van der Waals surface area contributed by atoms with E-state index >= 15 is 0 Å². The van der Waals surface area contributed by atoms with Crippen LogP contribution in [0.3, 0.4) is 0 Å². The van der Waals surface area contributed by atoms with Gasteiger partial charge in [0.15, 0.2) is 0 Å². The fourth-order valence-electron chi connectivity index (χ4n) is 3.43. The Kier molecular flexibility index (Phi) is 11.6. The van der Waals surface area contributed by atoms with Crippen molar-refractivity contribution in [3.8, 4) is 0 Å². The molecule has 0 N–H and O–H groups in total. The second kappa shape index (κ2) is 13.6. The van der Waals surface area contributed by atoms with E-state index in [0.29, 0.717) is 0 Å². The van der Waals surface area contributed by atoms with E-state index in [4.69, 9.17) is 18.8 Å². The molecular weight excluding hydrogens is 613 g/mol. The summed E-state index contributed by atoms with van der Waals surface area (Å²) in [6.07, 6.45) is 0. The van der Waals surface area contributed by atoms with Crippen molar-refractivity contribution in [2.75, 3.05) is 28.2 Å². The zero-order valence-corrected chi connectivity index (χ0v) is 22.5. The van der Waals surface area contributed by atoms with Gasteiger partial charge in [0.1, 0.15) is 0 Å². The zero-order valence-electron chi connectivity index (χ0n) is 17.8. The predicted octanol–water partition coefficient (Wildman–Crippen LogP) is 4.94. The van der Waals surface area contributed by atoms with Crippen LogP contribution in [0.25, 0.3) is 0 Å². The average Bonchev–Trinajstić information content (AvgIpc) is 2.71. The Morgan fingerprint density at radius 3 is 1.33 bits per heavy atom. The molecule has 3 aromatic carbocycles. The number of halogens is 2. The van der Waals surface area contributed by atoms with Crippen molar-refractivity contribution >= 4 is 42.7 Å². The summed E-state index contributed by atoms with van der Waals surface area (Å²) in [5.74, 6) is 0. The molecule has 0 heterocycles. The van der Waals surface area contributed by atoms with Gasteiger partial charge in [0.2, 0.25) is 0 Å². The van der Waals surface area contributed by atoms with E-state index < -0.39 is 24.4 Å². The molecule has 3 aromatic rings. The first-order chi connectivity index (χ1) is 14.5. The molecule has 0 radical (unpaired) electrons. The Morgan fingerprint density at radius 1 is 0.633 bits per heavy atom. The first-order valence-corrected chi connectivity index (χ1v) is 16.6. The third-order valence-corrected chi connectivity index (χ3v) is 7.08. The van der Waals surface area contributed by atoms with E-state index in [0.717, 1.165) is 13.1 Å². The van der Waals surface area contributed by atoms with Crippen molar-refractivity contribution in [2.45, 2.75) is 13.1 Å². The van der Waals surface area contributed by atoms with Crippen LogP contribution >= 0.6 is 26.8 Å². The summed E-state index contributed by atoms with van der Waals surface area (Å²) < 4.78 is 0. The first kappa shape index (κ1) is 25.5. The summed E-state index contributed by atoms with van der Waals surface area (Å²) in [6.45, 7) is 1.91. The van der Waals surface area contributed by atoms with E-state index in [2.05, 4.69) is 117 Å². The van der Waals surface area contributed by atoms with E-state index in [1.807, 2.05) is 0 Å². The number of hydrogen-bond acceptors (Lipinski definition) is 2. The van der Waals surface area contributed by atoms with Crippen molar-refractivity contribution in [3.63, 3.8) is 0 Å². The molecular formula is C24H29Cl2N2PPt. The van der Waals surface area contributed by atoms with Crippen LogP contribution in [0.15, 0.2) is 78.9 Å². The summed E-state index contributed by atoms with van der Waals surface area (Å²) >= 11 is -0.472. The minimum absolute atomic E-state index is 0.472. The van der Waals surface area contributed by atoms with Gasteiger partial charge in [0, 0.05) is 13.1 Å². The monoisotopic (exact) mass is 641 g/mol. The van der Waals surface area contributed by atoms with Gasteiger partial charge in [-0.05, 0) is 63.2 Å². The van der Waals surface area contributed by atoms with Gasteiger partial charge in [-0.15, -0.1) is 0 Å². The van der Waals surface area contributed by atoms with Crippen molar-refractivity contribution < 1.29 is 16.5 Å². The van der Waals surface area contributed by atoms with Gasteiger partial charge in [-0.3, -0.25) is 0 Å². The topological polar surface area (TPSA) is 6.48 Å². The zero-order chi connectivity index (χ0) is 21.9. The molecule has 0 saturated heterocycles. The van der Waals surface area contributed by atoms with Gasteiger partial charge in [0.05, 0.1) is 0 Å². The molecule has 3 rings (SSSR count). The Morgan fingerprint density at radius 2 is 1.00 bits per heavy atom. The molecule has 0 atom stereocenters. The third kappa shape index (κ3) is 7.76. The molecule has 0 aliphatic heterocycles.